The van der Waals surface area contributed by atoms with Gasteiger partial charge in [0.2, 0.25) is 5.91 Å². The number of rotatable bonds is 5. The van der Waals surface area contributed by atoms with Crippen LogP contribution in [-0.4, -0.2) is 22.6 Å². The van der Waals surface area contributed by atoms with Crippen molar-refractivity contribution >= 4 is 27.9 Å². The zero-order chi connectivity index (χ0) is 14.5. The lowest BCUT2D eigenvalue weighted by Gasteiger charge is -2.23. The minimum absolute atomic E-state index is 0.0906. The van der Waals surface area contributed by atoms with E-state index in [1.807, 2.05) is 24.3 Å². The van der Waals surface area contributed by atoms with Gasteiger partial charge in [0.05, 0.1) is 0 Å². The van der Waals surface area contributed by atoms with Crippen LogP contribution >= 0.6 is 15.9 Å². The summed E-state index contributed by atoms with van der Waals surface area (Å²) in [5, 5.41) is 13.7. The van der Waals surface area contributed by atoms with Gasteiger partial charge in [0, 0.05) is 23.0 Å². The third kappa shape index (κ3) is 6.24. The van der Waals surface area contributed by atoms with Crippen LogP contribution in [0.1, 0.15) is 25.8 Å². The van der Waals surface area contributed by atoms with E-state index < -0.39 is 11.6 Å². The van der Waals surface area contributed by atoms with Crippen molar-refractivity contribution in [3.05, 3.63) is 34.3 Å². The number of amides is 2. The third-order valence-electron chi connectivity index (χ3n) is 2.43. The first-order valence-electron chi connectivity index (χ1n) is 5.81. The highest BCUT2D eigenvalue weighted by Crippen LogP contribution is 2.12. The highest BCUT2D eigenvalue weighted by molar-refractivity contribution is 9.10. The molecule has 2 amide bonds. The van der Waals surface area contributed by atoms with Gasteiger partial charge in [0.1, 0.15) is 0 Å². The minimum atomic E-state index is -1.13. The van der Waals surface area contributed by atoms with Crippen molar-refractivity contribution < 1.29 is 14.7 Å². The Balaban J connectivity index is 2.46. The second-order valence-corrected chi connectivity index (χ2v) is 5.81. The van der Waals surface area contributed by atoms with Gasteiger partial charge in [-0.1, -0.05) is 28.1 Å². The largest absolute Gasteiger partial charge is 0.465 e. The number of benzene rings is 1. The third-order valence-corrected chi connectivity index (χ3v) is 2.92. The maximum atomic E-state index is 11.7. The minimum Gasteiger partial charge on any atom is -0.465 e. The number of hydrogen-bond acceptors (Lipinski definition) is 2. The average molecular weight is 329 g/mol. The molecule has 19 heavy (non-hydrogen) atoms. The van der Waals surface area contributed by atoms with Crippen LogP contribution in [0.25, 0.3) is 0 Å². The summed E-state index contributed by atoms with van der Waals surface area (Å²) in [6, 6.07) is 7.62. The first kappa shape index (κ1) is 15.5. The molecule has 0 radical (unpaired) electrons. The molecular formula is C13H17BrN2O3. The van der Waals surface area contributed by atoms with E-state index in [9.17, 15) is 9.59 Å². The van der Waals surface area contributed by atoms with Crippen LogP contribution in [0.2, 0.25) is 0 Å². The summed E-state index contributed by atoms with van der Waals surface area (Å²) < 4.78 is 0.951. The first-order chi connectivity index (χ1) is 8.78. The molecule has 0 heterocycles. The van der Waals surface area contributed by atoms with E-state index in [2.05, 4.69) is 26.6 Å². The van der Waals surface area contributed by atoms with Gasteiger partial charge in [-0.25, -0.2) is 4.79 Å². The lowest BCUT2D eigenvalue weighted by molar-refractivity contribution is -0.122. The highest BCUT2D eigenvalue weighted by atomic mass is 79.9. The van der Waals surface area contributed by atoms with Crippen LogP contribution < -0.4 is 10.6 Å². The van der Waals surface area contributed by atoms with E-state index in [-0.39, 0.29) is 12.3 Å². The number of hydrogen-bond donors (Lipinski definition) is 3. The molecule has 0 aliphatic heterocycles. The maximum Gasteiger partial charge on any atom is 0.405 e. The average Bonchev–Trinajstić information content (AvgIpc) is 2.24. The molecule has 0 saturated carbocycles. The summed E-state index contributed by atoms with van der Waals surface area (Å²) in [5.74, 6) is -0.196. The molecule has 0 atom stereocenters. The Morgan fingerprint density at radius 3 is 2.63 bits per heavy atom. The van der Waals surface area contributed by atoms with Crippen LogP contribution in [0.4, 0.5) is 4.79 Å². The van der Waals surface area contributed by atoms with Crippen molar-refractivity contribution in [2.45, 2.75) is 32.4 Å². The summed E-state index contributed by atoms with van der Waals surface area (Å²) >= 11 is 3.36. The number of carbonyl (C=O) groups is 2. The Kier molecular flexibility index (Phi) is 5.35. The second kappa shape index (κ2) is 6.56. The van der Waals surface area contributed by atoms with Gasteiger partial charge in [-0.2, -0.15) is 0 Å². The fourth-order valence-corrected chi connectivity index (χ4v) is 2.09. The lowest BCUT2D eigenvalue weighted by Crippen LogP contribution is -2.46. The zero-order valence-corrected chi connectivity index (χ0v) is 12.5. The monoisotopic (exact) mass is 328 g/mol. The molecule has 104 valence electrons. The SMILES string of the molecule is CC(C)(CC(=O)NCc1cccc(Br)c1)NC(=O)O. The summed E-state index contributed by atoms with van der Waals surface area (Å²) in [6.07, 6.45) is -1.04. The molecule has 0 aromatic heterocycles. The number of carboxylic acid groups (broad SMARTS) is 1. The fraction of sp³-hybridized carbons (Fsp3) is 0.385. The molecule has 6 heteroatoms. The van der Waals surface area contributed by atoms with Gasteiger partial charge in [-0.05, 0) is 31.5 Å². The van der Waals surface area contributed by atoms with Crippen molar-refractivity contribution in [1.82, 2.24) is 10.6 Å². The molecule has 1 rings (SSSR count). The molecule has 0 bridgehead atoms. The van der Waals surface area contributed by atoms with Gasteiger partial charge in [0.25, 0.3) is 0 Å². The van der Waals surface area contributed by atoms with Crippen LogP contribution in [0.5, 0.6) is 0 Å². The molecule has 0 spiro atoms. The summed E-state index contributed by atoms with van der Waals surface area (Å²) in [6.45, 7) is 3.75. The van der Waals surface area contributed by atoms with E-state index in [0.29, 0.717) is 6.54 Å². The molecule has 5 nitrogen and oxygen atoms in total. The van der Waals surface area contributed by atoms with Gasteiger partial charge >= 0.3 is 6.09 Å². The van der Waals surface area contributed by atoms with Gasteiger partial charge in [0.15, 0.2) is 0 Å². The summed E-state index contributed by atoms with van der Waals surface area (Å²) in [5.41, 5.74) is 0.194. The van der Waals surface area contributed by atoms with Crippen molar-refractivity contribution in [2.24, 2.45) is 0 Å². The maximum absolute atomic E-state index is 11.7. The van der Waals surface area contributed by atoms with Crippen molar-refractivity contribution in [1.29, 1.82) is 0 Å². The number of carbonyl (C=O) groups excluding carboxylic acids is 1. The van der Waals surface area contributed by atoms with Crippen LogP contribution in [0.15, 0.2) is 28.7 Å². The number of nitrogens with one attached hydrogen (secondary N) is 2. The van der Waals surface area contributed by atoms with Crippen molar-refractivity contribution in [3.8, 4) is 0 Å². The molecule has 1 aromatic rings. The second-order valence-electron chi connectivity index (χ2n) is 4.90. The summed E-state index contributed by atoms with van der Waals surface area (Å²) in [4.78, 5) is 22.3. The topological polar surface area (TPSA) is 78.4 Å². The van der Waals surface area contributed by atoms with Crippen LogP contribution in [0, 0.1) is 0 Å². The Labute approximate surface area is 120 Å². The molecule has 3 N–H and O–H groups in total. The molecule has 0 unspecified atom stereocenters. The highest BCUT2D eigenvalue weighted by Gasteiger charge is 2.23. The summed E-state index contributed by atoms with van der Waals surface area (Å²) in [7, 11) is 0. The molecule has 1 aromatic carbocycles. The normalized spacial score (nSPS) is 10.9. The van der Waals surface area contributed by atoms with Gasteiger partial charge < -0.3 is 15.7 Å². The number of halogens is 1. The van der Waals surface area contributed by atoms with E-state index in [1.165, 1.54) is 0 Å². The molecule has 0 aliphatic rings. The standard InChI is InChI=1S/C13H17BrN2O3/c1-13(2,16-12(18)19)7-11(17)15-8-9-4-3-5-10(14)6-9/h3-6,16H,7-8H2,1-2H3,(H,15,17)(H,18,19). The van der Waals surface area contributed by atoms with E-state index in [4.69, 9.17) is 5.11 Å². The van der Waals surface area contributed by atoms with E-state index in [0.717, 1.165) is 10.0 Å². The Bertz CT molecular complexity index is 475. The predicted molar refractivity (Wildman–Crippen MR) is 75.8 cm³/mol. The van der Waals surface area contributed by atoms with E-state index >= 15 is 0 Å². The van der Waals surface area contributed by atoms with Crippen LogP contribution in [-0.2, 0) is 11.3 Å². The van der Waals surface area contributed by atoms with Crippen molar-refractivity contribution in [3.63, 3.8) is 0 Å². The molecular weight excluding hydrogens is 312 g/mol. The molecule has 0 fully saturated rings. The zero-order valence-electron chi connectivity index (χ0n) is 10.9. The van der Waals surface area contributed by atoms with Crippen LogP contribution in [0.3, 0.4) is 0 Å². The van der Waals surface area contributed by atoms with Gasteiger partial charge in [-0.3, -0.25) is 4.79 Å². The van der Waals surface area contributed by atoms with E-state index in [1.54, 1.807) is 13.8 Å². The van der Waals surface area contributed by atoms with Gasteiger partial charge in [-0.15, -0.1) is 0 Å². The first-order valence-corrected chi connectivity index (χ1v) is 6.60. The molecule has 0 saturated heterocycles. The molecule has 0 aliphatic carbocycles. The smallest absolute Gasteiger partial charge is 0.405 e. The Morgan fingerprint density at radius 2 is 2.05 bits per heavy atom. The lowest BCUT2D eigenvalue weighted by atomic mass is 10.0. The predicted octanol–water partition coefficient (Wildman–Crippen LogP) is 2.50. The van der Waals surface area contributed by atoms with Crippen molar-refractivity contribution in [2.75, 3.05) is 0 Å². The Morgan fingerprint density at radius 1 is 1.37 bits per heavy atom. The fourth-order valence-electron chi connectivity index (χ4n) is 1.65. The quantitative estimate of drug-likeness (QED) is 0.777. The Hall–Kier alpha value is -1.56.